The zero-order valence-corrected chi connectivity index (χ0v) is 13.7. The van der Waals surface area contributed by atoms with Crippen LogP contribution in [0.2, 0.25) is 0 Å². The molecule has 5 nitrogen and oxygen atoms in total. The van der Waals surface area contributed by atoms with E-state index in [0.29, 0.717) is 26.2 Å². The van der Waals surface area contributed by atoms with E-state index < -0.39 is 24.8 Å². The van der Waals surface area contributed by atoms with Crippen molar-refractivity contribution in [3.63, 3.8) is 0 Å². The number of nitrogens with zero attached hydrogens (tertiary/aromatic N) is 2. The molecule has 2 rings (SSSR count). The Morgan fingerprint density at radius 3 is 2.50 bits per heavy atom. The van der Waals surface area contributed by atoms with Gasteiger partial charge in [0.15, 0.2) is 0 Å². The van der Waals surface area contributed by atoms with Gasteiger partial charge in [-0.15, -0.1) is 0 Å². The first kappa shape index (κ1) is 18.4. The molecule has 0 aromatic heterocycles. The van der Waals surface area contributed by atoms with Crippen molar-refractivity contribution >= 4 is 11.6 Å². The molecule has 1 fully saturated rings. The fourth-order valence-corrected chi connectivity index (χ4v) is 2.54. The second kappa shape index (κ2) is 7.74. The van der Waals surface area contributed by atoms with Gasteiger partial charge in [0.2, 0.25) is 0 Å². The van der Waals surface area contributed by atoms with Crippen molar-refractivity contribution in [3.8, 4) is 5.75 Å². The maximum absolute atomic E-state index is 12.2. The lowest BCUT2D eigenvalue weighted by Crippen LogP contribution is -2.51. The standard InChI is InChI=1S/C16H21F3N2O3/c1-12(24-11-16(17,18)19)15(22)21-8-6-20(7-9-21)13-4-3-5-14(10-13)23-2/h3-5,10,12H,6-9,11H2,1-2H3/t12-/m0/s1. The van der Waals surface area contributed by atoms with Crippen molar-refractivity contribution in [1.82, 2.24) is 4.90 Å². The maximum atomic E-state index is 12.2. The molecule has 1 aliphatic rings. The molecule has 1 aromatic rings. The monoisotopic (exact) mass is 346 g/mol. The van der Waals surface area contributed by atoms with Gasteiger partial charge in [-0.1, -0.05) is 6.07 Å². The van der Waals surface area contributed by atoms with Crippen molar-refractivity contribution < 1.29 is 27.4 Å². The number of anilines is 1. The highest BCUT2D eigenvalue weighted by Gasteiger charge is 2.32. The topological polar surface area (TPSA) is 42.0 Å². The van der Waals surface area contributed by atoms with Crippen LogP contribution in [0.15, 0.2) is 24.3 Å². The molecule has 0 saturated carbocycles. The van der Waals surface area contributed by atoms with Crippen molar-refractivity contribution in [2.24, 2.45) is 0 Å². The normalized spacial score (nSPS) is 16.9. The Morgan fingerprint density at radius 2 is 1.92 bits per heavy atom. The van der Waals surface area contributed by atoms with Gasteiger partial charge in [-0.25, -0.2) is 0 Å². The quantitative estimate of drug-likeness (QED) is 0.821. The Morgan fingerprint density at radius 1 is 1.25 bits per heavy atom. The van der Waals surface area contributed by atoms with Crippen molar-refractivity contribution in [2.75, 3.05) is 44.8 Å². The van der Waals surface area contributed by atoms with Crippen LogP contribution in [-0.2, 0) is 9.53 Å². The Bertz CT molecular complexity index is 558. The van der Waals surface area contributed by atoms with E-state index in [2.05, 4.69) is 9.64 Å². The average molecular weight is 346 g/mol. The second-order valence-electron chi connectivity index (χ2n) is 5.58. The average Bonchev–Trinajstić information content (AvgIpc) is 2.58. The van der Waals surface area contributed by atoms with Gasteiger partial charge in [-0.3, -0.25) is 4.79 Å². The number of carbonyl (C=O) groups excluding carboxylic acids is 1. The molecule has 1 aromatic carbocycles. The van der Waals surface area contributed by atoms with Crippen LogP contribution in [-0.4, -0.2) is 63.0 Å². The molecule has 1 saturated heterocycles. The number of rotatable bonds is 5. The first-order chi connectivity index (χ1) is 11.3. The fourth-order valence-electron chi connectivity index (χ4n) is 2.54. The van der Waals surface area contributed by atoms with E-state index in [4.69, 9.17) is 4.74 Å². The number of halogens is 3. The molecule has 134 valence electrons. The Balaban J connectivity index is 1.86. The van der Waals surface area contributed by atoms with Crippen LogP contribution in [0, 0.1) is 0 Å². The number of methoxy groups -OCH3 is 1. The van der Waals surface area contributed by atoms with E-state index in [0.717, 1.165) is 11.4 Å². The van der Waals surface area contributed by atoms with Crippen LogP contribution >= 0.6 is 0 Å². The zero-order valence-electron chi connectivity index (χ0n) is 13.7. The third-order valence-electron chi connectivity index (χ3n) is 3.85. The Labute approximate surface area is 138 Å². The van der Waals surface area contributed by atoms with E-state index in [9.17, 15) is 18.0 Å². The summed E-state index contributed by atoms with van der Waals surface area (Å²) in [5.41, 5.74) is 0.989. The number of amides is 1. The Hall–Kier alpha value is -1.96. The predicted octanol–water partition coefficient (Wildman–Crippen LogP) is 2.31. The van der Waals surface area contributed by atoms with Gasteiger partial charge in [0.05, 0.1) is 7.11 Å². The van der Waals surface area contributed by atoms with E-state index in [1.165, 1.54) is 11.8 Å². The molecular formula is C16H21F3N2O3. The van der Waals surface area contributed by atoms with E-state index in [1.54, 1.807) is 7.11 Å². The lowest BCUT2D eigenvalue weighted by molar-refractivity contribution is -0.188. The largest absolute Gasteiger partial charge is 0.497 e. The summed E-state index contributed by atoms with van der Waals surface area (Å²) < 4.78 is 46.3. The van der Waals surface area contributed by atoms with Crippen LogP contribution < -0.4 is 9.64 Å². The van der Waals surface area contributed by atoms with Gasteiger partial charge in [-0.2, -0.15) is 13.2 Å². The van der Waals surface area contributed by atoms with Crippen LogP contribution in [0.1, 0.15) is 6.92 Å². The minimum absolute atomic E-state index is 0.412. The third kappa shape index (κ3) is 5.02. The predicted molar refractivity (Wildman–Crippen MR) is 83.3 cm³/mol. The van der Waals surface area contributed by atoms with Crippen molar-refractivity contribution in [2.45, 2.75) is 19.2 Å². The van der Waals surface area contributed by atoms with Gasteiger partial charge in [-0.05, 0) is 19.1 Å². The maximum Gasteiger partial charge on any atom is 0.411 e. The Kier molecular flexibility index (Phi) is 5.93. The first-order valence-corrected chi connectivity index (χ1v) is 7.66. The summed E-state index contributed by atoms with van der Waals surface area (Å²) in [4.78, 5) is 15.8. The molecule has 0 N–H and O–H groups in total. The van der Waals surface area contributed by atoms with Gasteiger partial charge in [0, 0.05) is 37.9 Å². The molecule has 0 radical (unpaired) electrons. The molecular weight excluding hydrogens is 325 g/mol. The first-order valence-electron chi connectivity index (χ1n) is 7.66. The summed E-state index contributed by atoms with van der Waals surface area (Å²) in [5.74, 6) is 0.338. The zero-order chi connectivity index (χ0) is 17.7. The number of hydrogen-bond donors (Lipinski definition) is 0. The molecule has 24 heavy (non-hydrogen) atoms. The summed E-state index contributed by atoms with van der Waals surface area (Å²) in [5, 5.41) is 0. The molecule has 0 unspecified atom stereocenters. The van der Waals surface area contributed by atoms with E-state index in [-0.39, 0.29) is 0 Å². The van der Waals surface area contributed by atoms with E-state index in [1.807, 2.05) is 24.3 Å². The molecule has 0 aliphatic carbocycles. The van der Waals surface area contributed by atoms with Crippen LogP contribution in [0.5, 0.6) is 5.75 Å². The van der Waals surface area contributed by atoms with E-state index >= 15 is 0 Å². The lowest BCUT2D eigenvalue weighted by atomic mass is 10.2. The molecule has 0 bridgehead atoms. The third-order valence-corrected chi connectivity index (χ3v) is 3.85. The van der Waals surface area contributed by atoms with Crippen molar-refractivity contribution in [3.05, 3.63) is 24.3 Å². The van der Waals surface area contributed by atoms with Crippen LogP contribution in [0.25, 0.3) is 0 Å². The number of piperazine rings is 1. The summed E-state index contributed by atoms with van der Waals surface area (Å²) in [6.45, 7) is 2.02. The number of benzene rings is 1. The minimum Gasteiger partial charge on any atom is -0.497 e. The highest BCUT2D eigenvalue weighted by atomic mass is 19.4. The summed E-state index contributed by atoms with van der Waals surface area (Å²) in [6, 6.07) is 7.60. The van der Waals surface area contributed by atoms with Crippen LogP contribution in [0.4, 0.5) is 18.9 Å². The second-order valence-corrected chi connectivity index (χ2v) is 5.58. The molecule has 8 heteroatoms. The lowest BCUT2D eigenvalue weighted by Gasteiger charge is -2.37. The molecule has 1 heterocycles. The summed E-state index contributed by atoms with van der Waals surface area (Å²) in [6.07, 6.45) is -5.53. The number of alkyl halides is 3. The fraction of sp³-hybridized carbons (Fsp3) is 0.562. The number of ether oxygens (including phenoxy) is 2. The molecule has 1 amide bonds. The minimum atomic E-state index is -4.43. The van der Waals surface area contributed by atoms with Crippen LogP contribution in [0.3, 0.4) is 0 Å². The van der Waals surface area contributed by atoms with Crippen molar-refractivity contribution in [1.29, 1.82) is 0 Å². The molecule has 1 atom stereocenters. The molecule has 0 spiro atoms. The number of carbonyl (C=O) groups is 1. The SMILES string of the molecule is COc1cccc(N2CCN(C(=O)[C@H](C)OCC(F)(F)F)CC2)c1. The summed E-state index contributed by atoms with van der Waals surface area (Å²) in [7, 11) is 1.60. The van der Waals surface area contributed by atoms with Gasteiger partial charge >= 0.3 is 6.18 Å². The highest BCUT2D eigenvalue weighted by Crippen LogP contribution is 2.22. The molecule has 1 aliphatic heterocycles. The smallest absolute Gasteiger partial charge is 0.411 e. The van der Waals surface area contributed by atoms with Gasteiger partial charge in [0.1, 0.15) is 18.5 Å². The number of hydrogen-bond acceptors (Lipinski definition) is 4. The summed E-state index contributed by atoms with van der Waals surface area (Å²) >= 11 is 0. The highest BCUT2D eigenvalue weighted by molar-refractivity contribution is 5.80. The van der Waals surface area contributed by atoms with Gasteiger partial charge < -0.3 is 19.3 Å². The van der Waals surface area contributed by atoms with Gasteiger partial charge in [0.25, 0.3) is 5.91 Å².